The smallest absolute Gasteiger partial charge is 0.0500 e. The second-order valence-corrected chi connectivity index (χ2v) is 5.58. The molecule has 0 bridgehead atoms. The van der Waals surface area contributed by atoms with Crippen molar-refractivity contribution in [1.82, 2.24) is 10.4 Å². The number of hydrogen-bond donors (Lipinski definition) is 2. The molecule has 0 aliphatic heterocycles. The van der Waals surface area contributed by atoms with Crippen LogP contribution < -0.4 is 11.3 Å². The van der Waals surface area contributed by atoms with Crippen molar-refractivity contribution in [3.8, 4) is 0 Å². The van der Waals surface area contributed by atoms with Crippen LogP contribution in [0.25, 0.3) is 0 Å². The van der Waals surface area contributed by atoms with Gasteiger partial charge in [0.15, 0.2) is 0 Å². The first kappa shape index (κ1) is 13.3. The number of nitrogens with two attached hydrogens (primary N) is 1. The predicted molar refractivity (Wildman–Crippen MR) is 81.0 cm³/mol. The molecule has 104 valence electrons. The first-order valence-corrected chi connectivity index (χ1v) is 7.31. The molecule has 1 saturated carbocycles. The van der Waals surface area contributed by atoms with E-state index in [1.165, 1.54) is 36.0 Å². The molecule has 20 heavy (non-hydrogen) atoms. The molecule has 1 aromatic carbocycles. The van der Waals surface area contributed by atoms with E-state index in [9.17, 15) is 0 Å². The van der Waals surface area contributed by atoms with Crippen molar-refractivity contribution in [2.24, 2.45) is 5.84 Å². The second kappa shape index (κ2) is 6.16. The van der Waals surface area contributed by atoms with Crippen LogP contribution in [0.3, 0.4) is 0 Å². The lowest BCUT2D eigenvalue weighted by molar-refractivity contribution is 0.419. The van der Waals surface area contributed by atoms with E-state index in [2.05, 4.69) is 34.7 Å². The SMILES string of the molecule is NNC(Cc1ccncc1)c1cccc(C2CCC2)c1. The number of hydrazine groups is 1. The molecular weight excluding hydrogens is 246 g/mol. The van der Waals surface area contributed by atoms with Gasteiger partial charge in [-0.2, -0.15) is 0 Å². The third kappa shape index (κ3) is 2.89. The topological polar surface area (TPSA) is 50.9 Å². The highest BCUT2D eigenvalue weighted by molar-refractivity contribution is 5.30. The molecule has 3 rings (SSSR count). The summed E-state index contributed by atoms with van der Waals surface area (Å²) >= 11 is 0. The van der Waals surface area contributed by atoms with Crippen LogP contribution in [0.2, 0.25) is 0 Å². The number of nitrogens with zero attached hydrogens (tertiary/aromatic N) is 1. The van der Waals surface area contributed by atoms with E-state index >= 15 is 0 Å². The fourth-order valence-corrected chi connectivity index (χ4v) is 2.80. The molecule has 3 heteroatoms. The van der Waals surface area contributed by atoms with Crippen molar-refractivity contribution in [3.63, 3.8) is 0 Å². The molecule has 0 spiro atoms. The molecule has 1 heterocycles. The summed E-state index contributed by atoms with van der Waals surface area (Å²) in [6, 6.07) is 13.1. The Kier molecular flexibility index (Phi) is 4.09. The Morgan fingerprint density at radius 1 is 1.20 bits per heavy atom. The van der Waals surface area contributed by atoms with Gasteiger partial charge in [0.2, 0.25) is 0 Å². The second-order valence-electron chi connectivity index (χ2n) is 5.58. The largest absolute Gasteiger partial charge is 0.271 e. The van der Waals surface area contributed by atoms with Crippen LogP contribution in [0, 0.1) is 0 Å². The molecule has 2 aromatic rings. The van der Waals surface area contributed by atoms with Gasteiger partial charge in [-0.05, 0) is 54.0 Å². The van der Waals surface area contributed by atoms with Crippen molar-refractivity contribution < 1.29 is 0 Å². The molecule has 1 aliphatic carbocycles. The Labute approximate surface area is 120 Å². The van der Waals surface area contributed by atoms with Crippen LogP contribution in [-0.4, -0.2) is 4.98 Å². The summed E-state index contributed by atoms with van der Waals surface area (Å²) in [7, 11) is 0. The summed E-state index contributed by atoms with van der Waals surface area (Å²) in [5.74, 6) is 6.52. The summed E-state index contributed by atoms with van der Waals surface area (Å²) in [5.41, 5.74) is 6.93. The van der Waals surface area contributed by atoms with Gasteiger partial charge in [0.25, 0.3) is 0 Å². The van der Waals surface area contributed by atoms with E-state index in [4.69, 9.17) is 5.84 Å². The Morgan fingerprint density at radius 3 is 2.65 bits per heavy atom. The Bertz CT molecular complexity index is 549. The van der Waals surface area contributed by atoms with Crippen LogP contribution in [-0.2, 0) is 6.42 Å². The van der Waals surface area contributed by atoms with Gasteiger partial charge in [-0.15, -0.1) is 0 Å². The van der Waals surface area contributed by atoms with E-state index in [-0.39, 0.29) is 6.04 Å². The molecule has 0 amide bonds. The molecule has 1 atom stereocenters. The highest BCUT2D eigenvalue weighted by Gasteiger charge is 2.20. The third-order valence-corrected chi connectivity index (χ3v) is 4.28. The van der Waals surface area contributed by atoms with Crippen molar-refractivity contribution >= 4 is 0 Å². The molecule has 0 radical (unpaired) electrons. The molecule has 1 aromatic heterocycles. The van der Waals surface area contributed by atoms with Crippen molar-refractivity contribution in [2.75, 3.05) is 0 Å². The summed E-state index contributed by atoms with van der Waals surface area (Å²) in [5, 5.41) is 0. The van der Waals surface area contributed by atoms with Crippen molar-refractivity contribution in [2.45, 2.75) is 37.6 Å². The van der Waals surface area contributed by atoms with Crippen LogP contribution in [0.5, 0.6) is 0 Å². The number of hydrogen-bond acceptors (Lipinski definition) is 3. The zero-order chi connectivity index (χ0) is 13.8. The van der Waals surface area contributed by atoms with Gasteiger partial charge >= 0.3 is 0 Å². The predicted octanol–water partition coefficient (Wildman–Crippen LogP) is 3.10. The monoisotopic (exact) mass is 267 g/mol. The maximum atomic E-state index is 5.76. The van der Waals surface area contributed by atoms with Crippen LogP contribution in [0.4, 0.5) is 0 Å². The third-order valence-electron chi connectivity index (χ3n) is 4.28. The summed E-state index contributed by atoms with van der Waals surface area (Å²) in [6.45, 7) is 0. The van der Waals surface area contributed by atoms with Gasteiger partial charge in [-0.1, -0.05) is 30.7 Å². The fraction of sp³-hybridized carbons (Fsp3) is 0.353. The van der Waals surface area contributed by atoms with Crippen LogP contribution >= 0.6 is 0 Å². The minimum atomic E-state index is 0.150. The molecule has 3 nitrogen and oxygen atoms in total. The first-order chi connectivity index (χ1) is 9.86. The van der Waals surface area contributed by atoms with Gasteiger partial charge in [0, 0.05) is 18.4 Å². The van der Waals surface area contributed by atoms with E-state index < -0.39 is 0 Å². The highest BCUT2D eigenvalue weighted by atomic mass is 15.2. The first-order valence-electron chi connectivity index (χ1n) is 7.31. The van der Waals surface area contributed by atoms with Gasteiger partial charge in [0.1, 0.15) is 0 Å². The number of rotatable bonds is 5. The van der Waals surface area contributed by atoms with Crippen LogP contribution in [0.1, 0.15) is 47.9 Å². The number of pyridine rings is 1. The molecule has 1 aliphatic rings. The Morgan fingerprint density at radius 2 is 2.00 bits per heavy atom. The van der Waals surface area contributed by atoms with Crippen molar-refractivity contribution in [1.29, 1.82) is 0 Å². The quantitative estimate of drug-likeness (QED) is 0.646. The van der Waals surface area contributed by atoms with Gasteiger partial charge in [0.05, 0.1) is 0 Å². The lowest BCUT2D eigenvalue weighted by Gasteiger charge is -2.27. The number of nitrogens with one attached hydrogen (secondary N) is 1. The maximum Gasteiger partial charge on any atom is 0.0500 e. The fourth-order valence-electron chi connectivity index (χ4n) is 2.80. The lowest BCUT2D eigenvalue weighted by atomic mass is 9.79. The van der Waals surface area contributed by atoms with E-state index in [1.807, 2.05) is 24.5 Å². The Balaban J connectivity index is 1.78. The van der Waals surface area contributed by atoms with Gasteiger partial charge < -0.3 is 0 Å². The average molecular weight is 267 g/mol. The standard InChI is InChI=1S/C17H21N3/c18-20-17(11-13-7-9-19-10-8-13)16-6-2-5-15(12-16)14-3-1-4-14/h2,5-10,12,14,17,20H,1,3-4,11,18H2. The van der Waals surface area contributed by atoms with Crippen molar-refractivity contribution in [3.05, 3.63) is 65.5 Å². The highest BCUT2D eigenvalue weighted by Crippen LogP contribution is 2.37. The molecule has 0 saturated heterocycles. The number of benzene rings is 1. The van der Waals surface area contributed by atoms with Gasteiger partial charge in [-0.3, -0.25) is 16.3 Å². The van der Waals surface area contributed by atoms with Crippen LogP contribution in [0.15, 0.2) is 48.8 Å². The summed E-state index contributed by atoms with van der Waals surface area (Å²) < 4.78 is 0. The molecular formula is C17H21N3. The zero-order valence-electron chi connectivity index (χ0n) is 11.6. The average Bonchev–Trinajstić information content (AvgIpc) is 2.44. The summed E-state index contributed by atoms with van der Waals surface area (Å²) in [6.07, 6.45) is 8.56. The lowest BCUT2D eigenvalue weighted by Crippen LogP contribution is -2.29. The maximum absolute atomic E-state index is 5.76. The van der Waals surface area contributed by atoms with E-state index in [1.54, 1.807) is 0 Å². The normalized spacial score (nSPS) is 16.6. The number of aromatic nitrogens is 1. The van der Waals surface area contributed by atoms with E-state index in [0.29, 0.717) is 0 Å². The van der Waals surface area contributed by atoms with Gasteiger partial charge in [-0.25, -0.2) is 0 Å². The summed E-state index contributed by atoms with van der Waals surface area (Å²) in [4.78, 5) is 4.06. The zero-order valence-corrected chi connectivity index (χ0v) is 11.6. The minimum Gasteiger partial charge on any atom is -0.271 e. The minimum absolute atomic E-state index is 0.150. The molecule has 1 fully saturated rings. The van der Waals surface area contributed by atoms with E-state index in [0.717, 1.165) is 12.3 Å². The Hall–Kier alpha value is -1.71. The molecule has 1 unspecified atom stereocenters. The molecule has 3 N–H and O–H groups in total.